The molecule has 0 atom stereocenters. The second-order valence-electron chi connectivity index (χ2n) is 3.11. The summed E-state index contributed by atoms with van der Waals surface area (Å²) in [5.74, 6) is -0.388. The summed E-state index contributed by atoms with van der Waals surface area (Å²) in [6.45, 7) is 0. The van der Waals surface area contributed by atoms with Crippen molar-refractivity contribution in [2.24, 2.45) is 0 Å². The fraction of sp³-hybridized carbons (Fsp3) is 0.100. The number of nitrogens with zero attached hydrogens (tertiary/aromatic N) is 1. The molecule has 0 saturated heterocycles. The molecule has 0 bridgehead atoms. The summed E-state index contributed by atoms with van der Waals surface area (Å²) in [5.41, 5.74) is 12.1. The minimum Gasteiger partial charge on any atom is -0.494 e. The lowest BCUT2D eigenvalue weighted by Gasteiger charge is -2.07. The molecule has 0 radical (unpaired) electrons. The number of rotatable bonds is 1. The van der Waals surface area contributed by atoms with Gasteiger partial charge in [-0.3, -0.25) is 4.98 Å². The number of nitrogen functional groups attached to an aromatic ring is 2. The Labute approximate surface area is 85.7 Å². The molecular weight excluding hydrogens is 197 g/mol. The van der Waals surface area contributed by atoms with Crippen molar-refractivity contribution in [2.45, 2.75) is 0 Å². The smallest absolute Gasteiger partial charge is 0.191 e. The Morgan fingerprint density at radius 1 is 1.33 bits per heavy atom. The Morgan fingerprint density at radius 2 is 2.07 bits per heavy atom. The molecule has 1 heterocycles. The third-order valence-corrected chi connectivity index (χ3v) is 2.23. The van der Waals surface area contributed by atoms with Gasteiger partial charge in [-0.15, -0.1) is 0 Å². The number of benzene rings is 1. The van der Waals surface area contributed by atoms with Gasteiger partial charge in [-0.25, -0.2) is 4.39 Å². The van der Waals surface area contributed by atoms with Crippen LogP contribution in [-0.4, -0.2) is 12.1 Å². The van der Waals surface area contributed by atoms with E-state index in [1.165, 1.54) is 19.4 Å². The summed E-state index contributed by atoms with van der Waals surface area (Å²) in [7, 11) is 1.39. The molecule has 0 aliphatic heterocycles. The van der Waals surface area contributed by atoms with Gasteiger partial charge < -0.3 is 16.2 Å². The van der Waals surface area contributed by atoms with Gasteiger partial charge in [0.15, 0.2) is 11.6 Å². The number of hydrogen-bond donors (Lipinski definition) is 2. The molecular formula is C10H10FN3O. The summed E-state index contributed by atoms with van der Waals surface area (Å²) in [6.07, 6.45) is 1.33. The average molecular weight is 207 g/mol. The van der Waals surface area contributed by atoms with E-state index in [0.29, 0.717) is 16.8 Å². The van der Waals surface area contributed by atoms with Gasteiger partial charge in [0, 0.05) is 5.39 Å². The highest BCUT2D eigenvalue weighted by Crippen LogP contribution is 2.30. The quantitative estimate of drug-likeness (QED) is 0.743. The molecule has 0 spiro atoms. The summed E-state index contributed by atoms with van der Waals surface area (Å²) in [6, 6.07) is 3.13. The Kier molecular flexibility index (Phi) is 2.07. The molecule has 0 aliphatic rings. The first kappa shape index (κ1) is 9.51. The zero-order valence-corrected chi connectivity index (χ0v) is 8.12. The molecule has 4 nitrogen and oxygen atoms in total. The van der Waals surface area contributed by atoms with Gasteiger partial charge in [0.1, 0.15) is 5.52 Å². The van der Waals surface area contributed by atoms with E-state index in [-0.39, 0.29) is 11.3 Å². The highest BCUT2D eigenvalue weighted by Gasteiger charge is 2.11. The summed E-state index contributed by atoms with van der Waals surface area (Å²) >= 11 is 0. The normalized spacial score (nSPS) is 10.5. The van der Waals surface area contributed by atoms with E-state index in [0.717, 1.165) is 0 Å². The Balaban J connectivity index is 2.85. The fourth-order valence-electron chi connectivity index (χ4n) is 1.41. The van der Waals surface area contributed by atoms with Gasteiger partial charge in [-0.2, -0.15) is 0 Å². The number of aromatic nitrogens is 1. The summed E-state index contributed by atoms with van der Waals surface area (Å²) in [5, 5.41) is 0.494. The van der Waals surface area contributed by atoms with Crippen LogP contribution in [0.4, 0.5) is 15.8 Å². The van der Waals surface area contributed by atoms with Gasteiger partial charge in [-0.05, 0) is 12.1 Å². The van der Waals surface area contributed by atoms with Crippen molar-refractivity contribution in [1.82, 2.24) is 4.98 Å². The minimum atomic E-state index is -0.526. The van der Waals surface area contributed by atoms with Crippen LogP contribution >= 0.6 is 0 Å². The van der Waals surface area contributed by atoms with Gasteiger partial charge in [0.05, 0.1) is 24.7 Å². The number of methoxy groups -OCH3 is 1. The zero-order chi connectivity index (χ0) is 11.0. The van der Waals surface area contributed by atoms with Crippen LogP contribution in [0.25, 0.3) is 10.9 Å². The molecule has 0 amide bonds. The second-order valence-corrected chi connectivity index (χ2v) is 3.11. The molecule has 1 aromatic carbocycles. The van der Waals surface area contributed by atoms with Crippen LogP contribution in [0.3, 0.4) is 0 Å². The van der Waals surface area contributed by atoms with Crippen molar-refractivity contribution in [1.29, 1.82) is 0 Å². The third-order valence-electron chi connectivity index (χ3n) is 2.23. The van der Waals surface area contributed by atoms with E-state index in [1.807, 2.05) is 0 Å². The summed E-state index contributed by atoms with van der Waals surface area (Å²) in [4.78, 5) is 3.89. The van der Waals surface area contributed by atoms with Crippen LogP contribution in [-0.2, 0) is 0 Å². The third kappa shape index (κ3) is 1.32. The SMILES string of the molecule is COc1ccc2c(N)c(N)cnc2c1F. The molecule has 0 saturated carbocycles. The van der Waals surface area contributed by atoms with Crippen molar-refractivity contribution >= 4 is 22.3 Å². The van der Waals surface area contributed by atoms with E-state index in [1.54, 1.807) is 6.07 Å². The van der Waals surface area contributed by atoms with Gasteiger partial charge >= 0.3 is 0 Å². The molecule has 0 aliphatic carbocycles. The standard InChI is InChI=1S/C10H10FN3O/c1-15-7-3-2-5-9(13)6(12)4-14-10(5)8(7)11/h2-4H,12H2,1H3,(H2,13,14). The van der Waals surface area contributed by atoms with Crippen molar-refractivity contribution in [3.8, 4) is 5.75 Å². The minimum absolute atomic E-state index is 0.138. The molecule has 78 valence electrons. The molecule has 1 aromatic heterocycles. The average Bonchev–Trinajstić information content (AvgIpc) is 2.24. The molecule has 15 heavy (non-hydrogen) atoms. The Bertz CT molecular complexity index is 528. The van der Waals surface area contributed by atoms with Crippen LogP contribution in [0.2, 0.25) is 0 Å². The van der Waals surface area contributed by atoms with Gasteiger partial charge in [0.25, 0.3) is 0 Å². The first-order chi connectivity index (χ1) is 7.15. The van der Waals surface area contributed by atoms with E-state index >= 15 is 0 Å². The number of pyridine rings is 1. The number of anilines is 2. The lowest BCUT2D eigenvalue weighted by atomic mass is 10.1. The van der Waals surface area contributed by atoms with Gasteiger partial charge in [-0.1, -0.05) is 0 Å². The lowest BCUT2D eigenvalue weighted by Crippen LogP contribution is -1.99. The second kappa shape index (κ2) is 3.27. The number of hydrogen-bond acceptors (Lipinski definition) is 4. The van der Waals surface area contributed by atoms with Crippen LogP contribution in [0.5, 0.6) is 5.75 Å². The maximum atomic E-state index is 13.7. The molecule has 2 aromatic rings. The fourth-order valence-corrected chi connectivity index (χ4v) is 1.41. The lowest BCUT2D eigenvalue weighted by molar-refractivity contribution is 0.388. The number of ether oxygens (including phenoxy) is 1. The first-order valence-corrected chi connectivity index (χ1v) is 4.31. The highest BCUT2D eigenvalue weighted by molar-refractivity contribution is 5.96. The summed E-state index contributed by atoms with van der Waals surface area (Å²) < 4.78 is 18.5. The van der Waals surface area contributed by atoms with Gasteiger partial charge in [0.2, 0.25) is 0 Å². The van der Waals surface area contributed by atoms with E-state index in [4.69, 9.17) is 16.2 Å². The molecule has 5 heteroatoms. The highest BCUT2D eigenvalue weighted by atomic mass is 19.1. The monoisotopic (exact) mass is 207 g/mol. The Hall–Kier alpha value is -2.04. The number of halogens is 1. The van der Waals surface area contributed by atoms with Crippen molar-refractivity contribution in [2.75, 3.05) is 18.6 Å². The largest absolute Gasteiger partial charge is 0.494 e. The number of fused-ring (bicyclic) bond motifs is 1. The van der Waals surface area contributed by atoms with Crippen LogP contribution in [0, 0.1) is 5.82 Å². The number of nitrogens with two attached hydrogens (primary N) is 2. The van der Waals surface area contributed by atoms with Crippen molar-refractivity contribution in [3.05, 3.63) is 24.1 Å². The van der Waals surface area contributed by atoms with E-state index in [9.17, 15) is 4.39 Å². The van der Waals surface area contributed by atoms with Crippen LogP contribution < -0.4 is 16.2 Å². The topological polar surface area (TPSA) is 74.2 Å². The molecule has 2 rings (SSSR count). The van der Waals surface area contributed by atoms with Crippen molar-refractivity contribution < 1.29 is 9.13 Å². The van der Waals surface area contributed by atoms with Crippen molar-refractivity contribution in [3.63, 3.8) is 0 Å². The van der Waals surface area contributed by atoms with E-state index in [2.05, 4.69) is 4.98 Å². The molecule has 0 unspecified atom stereocenters. The first-order valence-electron chi connectivity index (χ1n) is 4.31. The molecule has 0 fully saturated rings. The van der Waals surface area contributed by atoms with Crippen LogP contribution in [0.1, 0.15) is 0 Å². The Morgan fingerprint density at radius 3 is 2.73 bits per heavy atom. The molecule has 4 N–H and O–H groups in total. The van der Waals surface area contributed by atoms with Crippen LogP contribution in [0.15, 0.2) is 18.3 Å². The maximum Gasteiger partial charge on any atom is 0.191 e. The predicted octanol–water partition coefficient (Wildman–Crippen LogP) is 1.55. The predicted molar refractivity (Wildman–Crippen MR) is 57.1 cm³/mol. The maximum absolute atomic E-state index is 13.7. The zero-order valence-electron chi connectivity index (χ0n) is 8.12. The van der Waals surface area contributed by atoms with E-state index < -0.39 is 5.82 Å².